The van der Waals surface area contributed by atoms with Crippen molar-refractivity contribution in [1.29, 1.82) is 0 Å². The summed E-state index contributed by atoms with van der Waals surface area (Å²) < 4.78 is 53.0. The number of aryl methyl sites for hydroxylation is 1. The summed E-state index contributed by atoms with van der Waals surface area (Å²) >= 11 is 5.99. The maximum Gasteiger partial charge on any atom is 0.417 e. The molecule has 0 saturated heterocycles. The number of nitrogens with two attached hydrogens (primary N) is 1. The first kappa shape index (κ1) is 28.6. The van der Waals surface area contributed by atoms with Crippen molar-refractivity contribution in [2.45, 2.75) is 32.0 Å². The van der Waals surface area contributed by atoms with Crippen LogP contribution in [0.15, 0.2) is 64.2 Å². The molecule has 13 heteroatoms. The minimum absolute atomic E-state index is 0.0145. The Hall–Kier alpha value is -4.45. The van der Waals surface area contributed by atoms with E-state index >= 15 is 0 Å². The molecule has 0 aliphatic carbocycles. The van der Waals surface area contributed by atoms with Gasteiger partial charge in [0.25, 0.3) is 11.5 Å². The van der Waals surface area contributed by atoms with Crippen LogP contribution in [0.1, 0.15) is 39.1 Å². The summed E-state index contributed by atoms with van der Waals surface area (Å²) in [6, 6.07) is 7.29. The number of ether oxygens (including phenoxy) is 1. The average Bonchev–Trinajstić information content (AvgIpc) is 3.31. The molecule has 40 heavy (non-hydrogen) atoms. The van der Waals surface area contributed by atoms with Gasteiger partial charge in [-0.05, 0) is 42.3 Å². The van der Waals surface area contributed by atoms with E-state index in [-0.39, 0.29) is 40.4 Å². The molecule has 0 fully saturated rings. The molecule has 1 atom stereocenters. The van der Waals surface area contributed by atoms with Crippen LogP contribution in [0.25, 0.3) is 11.1 Å². The topological polar surface area (TPSA) is 130 Å². The van der Waals surface area contributed by atoms with Crippen molar-refractivity contribution in [3.8, 4) is 16.9 Å². The Balaban J connectivity index is 1.80. The molecule has 0 spiro atoms. The zero-order chi connectivity index (χ0) is 29.2. The SMILES string of the molecule is COc1cn(C(Cc2cc(C)no2)C(=O)Cc2ccc(C(N)=O)nc2)c(=O)cc1-c1cc(Cl)ccc1C(F)(F)F. The van der Waals surface area contributed by atoms with Crippen LogP contribution in [0.5, 0.6) is 5.75 Å². The Morgan fingerprint density at radius 3 is 2.48 bits per heavy atom. The van der Waals surface area contributed by atoms with Crippen LogP contribution in [0.2, 0.25) is 5.02 Å². The molecule has 208 valence electrons. The minimum atomic E-state index is -4.74. The molecule has 4 rings (SSSR count). The summed E-state index contributed by atoms with van der Waals surface area (Å²) in [4.78, 5) is 42.1. The van der Waals surface area contributed by atoms with Gasteiger partial charge in [-0.2, -0.15) is 13.2 Å². The highest BCUT2D eigenvalue weighted by atomic mass is 35.5. The molecule has 1 unspecified atom stereocenters. The van der Waals surface area contributed by atoms with Gasteiger partial charge in [0.1, 0.15) is 23.2 Å². The Morgan fingerprint density at radius 1 is 1.15 bits per heavy atom. The van der Waals surface area contributed by atoms with Gasteiger partial charge in [0, 0.05) is 41.8 Å². The fraction of sp³-hybridized carbons (Fsp3) is 0.222. The number of Topliss-reactive ketones (excluding diaryl/α,β-unsaturated/α-hetero) is 1. The molecule has 9 nitrogen and oxygen atoms in total. The summed E-state index contributed by atoms with van der Waals surface area (Å²) in [7, 11) is 1.23. The largest absolute Gasteiger partial charge is 0.495 e. The number of hydrogen-bond acceptors (Lipinski definition) is 7. The standard InChI is InChI=1S/C27H22ClF3N4O5/c1-14-7-17(40-34-14)10-22(23(36)8-15-3-6-21(26(32)38)33-12-15)35-13-24(39-2)19(11-25(35)37)18-9-16(28)4-5-20(18)27(29,30)31/h3-7,9,11-13,22H,8,10H2,1-2H3,(H2,32,38). The van der Waals surface area contributed by atoms with Crippen molar-refractivity contribution < 1.29 is 32.0 Å². The molecule has 3 heterocycles. The predicted octanol–water partition coefficient (Wildman–Crippen LogP) is 4.58. The molecule has 2 N–H and O–H groups in total. The van der Waals surface area contributed by atoms with Crippen LogP contribution in [-0.4, -0.2) is 33.5 Å². The molecular weight excluding hydrogens is 553 g/mol. The number of benzene rings is 1. The van der Waals surface area contributed by atoms with Gasteiger partial charge in [-0.15, -0.1) is 0 Å². The highest BCUT2D eigenvalue weighted by Gasteiger charge is 2.35. The molecule has 0 bridgehead atoms. The molecule has 3 aromatic heterocycles. The van der Waals surface area contributed by atoms with E-state index in [0.717, 1.165) is 28.8 Å². The van der Waals surface area contributed by atoms with Crippen LogP contribution in [0.4, 0.5) is 13.2 Å². The molecular formula is C27H22ClF3N4O5. The molecule has 0 radical (unpaired) electrons. The maximum absolute atomic E-state index is 13.8. The van der Waals surface area contributed by atoms with Crippen molar-refractivity contribution in [2.75, 3.05) is 7.11 Å². The fourth-order valence-electron chi connectivity index (χ4n) is 4.20. The van der Waals surface area contributed by atoms with Crippen molar-refractivity contribution in [3.05, 3.63) is 98.5 Å². The molecule has 0 saturated carbocycles. The molecule has 4 aromatic rings. The Labute approximate surface area is 230 Å². The van der Waals surface area contributed by atoms with E-state index in [1.165, 1.54) is 31.6 Å². The van der Waals surface area contributed by atoms with Gasteiger partial charge in [-0.25, -0.2) is 0 Å². The number of amides is 1. The monoisotopic (exact) mass is 574 g/mol. The van der Waals surface area contributed by atoms with E-state index in [9.17, 15) is 27.6 Å². The fourth-order valence-corrected chi connectivity index (χ4v) is 4.37. The van der Waals surface area contributed by atoms with E-state index in [0.29, 0.717) is 17.0 Å². The third-order valence-corrected chi connectivity index (χ3v) is 6.31. The van der Waals surface area contributed by atoms with Crippen molar-refractivity contribution >= 4 is 23.3 Å². The van der Waals surface area contributed by atoms with E-state index < -0.39 is 35.0 Å². The number of nitrogens with zero attached hydrogens (tertiary/aromatic N) is 3. The Morgan fingerprint density at radius 2 is 1.90 bits per heavy atom. The predicted molar refractivity (Wildman–Crippen MR) is 138 cm³/mol. The number of pyridine rings is 2. The maximum atomic E-state index is 13.8. The summed E-state index contributed by atoms with van der Waals surface area (Å²) in [5.41, 5.74) is 3.95. The lowest BCUT2D eigenvalue weighted by Crippen LogP contribution is -2.32. The average molecular weight is 575 g/mol. The molecule has 0 aliphatic rings. The zero-order valence-electron chi connectivity index (χ0n) is 21.2. The number of methoxy groups -OCH3 is 1. The second-order valence-corrected chi connectivity index (χ2v) is 9.34. The first-order valence-corrected chi connectivity index (χ1v) is 12.1. The number of halogens is 4. The van der Waals surface area contributed by atoms with Crippen molar-refractivity contribution in [3.63, 3.8) is 0 Å². The quantitative estimate of drug-likeness (QED) is 0.309. The number of alkyl halides is 3. The van der Waals surface area contributed by atoms with Gasteiger partial charge in [-0.1, -0.05) is 22.8 Å². The first-order valence-electron chi connectivity index (χ1n) is 11.7. The Bertz CT molecular complexity index is 1630. The van der Waals surface area contributed by atoms with E-state index in [1.807, 2.05) is 0 Å². The summed E-state index contributed by atoms with van der Waals surface area (Å²) in [6.07, 6.45) is -2.51. The normalized spacial score (nSPS) is 12.2. The van der Waals surface area contributed by atoms with Gasteiger partial charge in [0.15, 0.2) is 5.78 Å². The molecule has 1 amide bonds. The summed E-state index contributed by atoms with van der Waals surface area (Å²) in [5, 5.41) is 3.84. The number of hydrogen-bond donors (Lipinski definition) is 1. The first-order chi connectivity index (χ1) is 18.9. The molecule has 1 aromatic carbocycles. The van der Waals surface area contributed by atoms with Crippen LogP contribution in [-0.2, 0) is 23.8 Å². The van der Waals surface area contributed by atoms with Gasteiger partial charge in [-0.3, -0.25) is 19.4 Å². The van der Waals surface area contributed by atoms with Gasteiger partial charge < -0.3 is 19.6 Å². The third kappa shape index (κ3) is 6.23. The highest BCUT2D eigenvalue weighted by Crippen LogP contribution is 2.41. The zero-order valence-corrected chi connectivity index (χ0v) is 21.9. The van der Waals surface area contributed by atoms with Crippen LogP contribution >= 0.6 is 11.6 Å². The van der Waals surface area contributed by atoms with Crippen LogP contribution in [0.3, 0.4) is 0 Å². The lowest BCUT2D eigenvalue weighted by Gasteiger charge is -2.21. The minimum Gasteiger partial charge on any atom is -0.495 e. The number of primary amides is 1. The molecule has 0 aliphatic heterocycles. The van der Waals surface area contributed by atoms with Crippen LogP contribution in [0, 0.1) is 6.92 Å². The van der Waals surface area contributed by atoms with E-state index in [4.69, 9.17) is 26.6 Å². The van der Waals surface area contributed by atoms with E-state index in [2.05, 4.69) is 10.1 Å². The summed E-state index contributed by atoms with van der Waals surface area (Å²) in [6.45, 7) is 1.68. The highest BCUT2D eigenvalue weighted by molar-refractivity contribution is 6.30. The van der Waals surface area contributed by atoms with Crippen LogP contribution < -0.4 is 16.0 Å². The second-order valence-electron chi connectivity index (χ2n) is 8.90. The van der Waals surface area contributed by atoms with Gasteiger partial charge in [0.2, 0.25) is 0 Å². The lowest BCUT2D eigenvalue weighted by atomic mass is 9.97. The van der Waals surface area contributed by atoms with Crippen molar-refractivity contribution in [2.24, 2.45) is 5.73 Å². The third-order valence-electron chi connectivity index (χ3n) is 6.08. The Kier molecular flexibility index (Phi) is 8.10. The smallest absolute Gasteiger partial charge is 0.417 e. The number of carbonyl (C=O) groups excluding carboxylic acids is 2. The van der Waals surface area contributed by atoms with Crippen molar-refractivity contribution in [1.82, 2.24) is 14.7 Å². The van der Waals surface area contributed by atoms with Gasteiger partial charge in [0.05, 0.1) is 24.6 Å². The summed E-state index contributed by atoms with van der Waals surface area (Å²) in [5.74, 6) is -0.963. The van der Waals surface area contributed by atoms with E-state index in [1.54, 1.807) is 13.0 Å². The number of rotatable bonds is 9. The number of carbonyl (C=O) groups is 2. The van der Waals surface area contributed by atoms with Gasteiger partial charge >= 0.3 is 6.18 Å². The second kappa shape index (κ2) is 11.3. The number of ketones is 1. The number of aromatic nitrogens is 3. The lowest BCUT2D eigenvalue weighted by molar-refractivity contribution is -0.137.